The van der Waals surface area contributed by atoms with Gasteiger partial charge in [0.05, 0.1) is 0 Å². The van der Waals surface area contributed by atoms with E-state index in [2.05, 4.69) is 125 Å². The molecule has 2 aliphatic carbocycles. The maximum absolute atomic E-state index is 2.61. The molecule has 0 fully saturated rings. The van der Waals surface area contributed by atoms with Crippen LogP contribution in [0.25, 0.3) is 10.4 Å². The van der Waals surface area contributed by atoms with Crippen molar-refractivity contribution in [1.82, 2.24) is 0 Å². The van der Waals surface area contributed by atoms with Gasteiger partial charge in [0.2, 0.25) is 0 Å². The molecule has 4 aromatic carbocycles. The predicted molar refractivity (Wildman–Crippen MR) is 151 cm³/mol. The van der Waals surface area contributed by atoms with Gasteiger partial charge in [-0.1, -0.05) is 0 Å². The summed E-state index contributed by atoms with van der Waals surface area (Å²) >= 11 is -0.318. The average Bonchev–Trinajstić information content (AvgIpc) is 3.37. The molecule has 188 valence electrons. The first kappa shape index (κ1) is 27.4. The Bertz CT molecular complexity index is 1480. The summed E-state index contributed by atoms with van der Waals surface area (Å²) in [4.78, 5) is 0. The Labute approximate surface area is 249 Å². The zero-order valence-electron chi connectivity index (χ0n) is 22.1. The SMILES string of the molecule is CC1=C2c3c(C)cccc3[CH]1[Ti+2][CH]1C(C)=C(c3c(C)cccc31)[Si]2(c1ccccc1)c1ccccc1.[Cl-].[Cl-]. The fourth-order valence-corrected chi connectivity index (χ4v) is 17.0. The standard InChI is InChI=1S/C34H30Si.2ClH.Ti/c1-23-13-11-15-27-21-25(3)33(31(23)27)35(29-17-7-5-8-18-29,30-19-9-6-10-20-30)34-26(4)22-28-16-12-14-24(2)32(28)34;;;/h5-22H,1-4H3;2*1H;/q;;;+2/p-2. The summed E-state index contributed by atoms with van der Waals surface area (Å²) in [5.41, 5.74) is 12.6. The molecule has 4 bridgehead atoms. The van der Waals surface area contributed by atoms with Crippen molar-refractivity contribution in [3.8, 4) is 0 Å². The molecule has 0 amide bonds. The van der Waals surface area contributed by atoms with Gasteiger partial charge < -0.3 is 24.8 Å². The van der Waals surface area contributed by atoms with Gasteiger partial charge in [-0.15, -0.1) is 0 Å². The molecule has 0 radical (unpaired) electrons. The fraction of sp³-hybridized carbons (Fsp3) is 0.176. The Kier molecular flexibility index (Phi) is 7.31. The molecule has 0 spiro atoms. The largest absolute Gasteiger partial charge is 1.00 e. The molecule has 0 saturated carbocycles. The molecule has 3 aliphatic rings. The quantitative estimate of drug-likeness (QED) is 0.310. The molecular weight excluding hydrogens is 555 g/mol. The summed E-state index contributed by atoms with van der Waals surface area (Å²) in [6, 6.07) is 37.4. The van der Waals surface area contributed by atoms with E-state index in [4.69, 9.17) is 0 Å². The number of allylic oxidation sites excluding steroid dienone is 2. The fourth-order valence-electron chi connectivity index (χ4n) is 7.50. The van der Waals surface area contributed by atoms with Crippen molar-refractivity contribution in [2.75, 3.05) is 0 Å². The molecule has 2 atom stereocenters. The van der Waals surface area contributed by atoms with E-state index in [1.54, 1.807) is 43.8 Å². The van der Waals surface area contributed by atoms with E-state index in [0.717, 1.165) is 0 Å². The Hall–Kier alpha value is -2.13. The second kappa shape index (κ2) is 10.1. The molecule has 0 N–H and O–H groups in total. The third-order valence-corrected chi connectivity index (χ3v) is 17.4. The van der Waals surface area contributed by atoms with Gasteiger partial charge in [-0.05, 0) is 0 Å². The van der Waals surface area contributed by atoms with Gasteiger partial charge in [0.25, 0.3) is 0 Å². The molecule has 4 heteroatoms. The van der Waals surface area contributed by atoms with Crippen molar-refractivity contribution >= 4 is 28.8 Å². The van der Waals surface area contributed by atoms with Gasteiger partial charge in [-0.2, -0.15) is 0 Å². The smallest absolute Gasteiger partial charge is 1.00 e. The third-order valence-electron chi connectivity index (χ3n) is 8.88. The first-order valence-electron chi connectivity index (χ1n) is 13.0. The van der Waals surface area contributed by atoms with E-state index in [9.17, 15) is 0 Å². The predicted octanol–water partition coefficient (Wildman–Crippen LogP) is 1.11. The third kappa shape index (κ3) is 3.53. The van der Waals surface area contributed by atoms with Crippen LogP contribution in [0.15, 0.2) is 108 Å². The van der Waals surface area contributed by atoms with Gasteiger partial charge in [-0.3, -0.25) is 0 Å². The van der Waals surface area contributed by atoms with E-state index < -0.39 is 8.07 Å². The van der Waals surface area contributed by atoms with Crippen molar-refractivity contribution in [2.24, 2.45) is 0 Å². The summed E-state index contributed by atoms with van der Waals surface area (Å²) in [7, 11) is -2.61. The monoisotopic (exact) mass is 584 g/mol. The molecule has 7 rings (SSSR count). The van der Waals surface area contributed by atoms with Crippen molar-refractivity contribution in [3.63, 3.8) is 0 Å². The molecule has 0 saturated heterocycles. The minimum atomic E-state index is -2.61. The van der Waals surface area contributed by atoms with Crippen LogP contribution >= 0.6 is 0 Å². The minimum Gasteiger partial charge on any atom is -1.00 e. The average molecular weight is 585 g/mol. The summed E-state index contributed by atoms with van der Waals surface area (Å²) in [6.45, 7) is 9.68. The molecule has 0 aromatic heterocycles. The van der Waals surface area contributed by atoms with Gasteiger partial charge in [-0.25, -0.2) is 0 Å². The summed E-state index contributed by atoms with van der Waals surface area (Å²) < 4.78 is 1.20. The van der Waals surface area contributed by atoms with Crippen LogP contribution in [0.3, 0.4) is 0 Å². The second-order valence-corrected chi connectivity index (χ2v) is 16.7. The number of fused-ring (bicyclic) bond motifs is 8. The van der Waals surface area contributed by atoms with Crippen LogP contribution in [0, 0.1) is 13.8 Å². The number of rotatable bonds is 2. The van der Waals surface area contributed by atoms with Crippen LogP contribution in [0.1, 0.15) is 55.7 Å². The van der Waals surface area contributed by atoms with Crippen LogP contribution in [0.2, 0.25) is 0 Å². The van der Waals surface area contributed by atoms with Gasteiger partial charge in [0.1, 0.15) is 0 Å². The van der Waals surface area contributed by atoms with Crippen molar-refractivity contribution < 1.29 is 44.0 Å². The molecule has 1 aliphatic heterocycles. The van der Waals surface area contributed by atoms with E-state index >= 15 is 0 Å². The molecular formula is C34H30Cl2SiTi. The summed E-state index contributed by atoms with van der Waals surface area (Å²) in [5, 5.41) is 6.41. The van der Waals surface area contributed by atoms with Crippen molar-refractivity contribution in [1.29, 1.82) is 0 Å². The van der Waals surface area contributed by atoms with E-state index in [-0.39, 0.29) is 44.0 Å². The number of aryl methyl sites for hydroxylation is 2. The molecule has 0 nitrogen and oxygen atoms in total. The van der Waals surface area contributed by atoms with Crippen LogP contribution < -0.4 is 35.2 Å². The topological polar surface area (TPSA) is 0 Å². The van der Waals surface area contributed by atoms with Crippen LogP contribution in [0.4, 0.5) is 0 Å². The Morgan fingerprint density at radius 2 is 0.895 bits per heavy atom. The first-order chi connectivity index (χ1) is 17.5. The Morgan fingerprint density at radius 3 is 1.29 bits per heavy atom. The molecule has 38 heavy (non-hydrogen) atoms. The van der Waals surface area contributed by atoms with Gasteiger partial charge >= 0.3 is 226 Å². The molecule has 4 aromatic rings. The summed E-state index contributed by atoms with van der Waals surface area (Å²) in [5.74, 6) is 0. The van der Waals surface area contributed by atoms with Crippen molar-refractivity contribution in [2.45, 2.75) is 36.1 Å². The summed E-state index contributed by atoms with van der Waals surface area (Å²) in [6.07, 6.45) is 0. The Balaban J connectivity index is 0.00000147. The zero-order valence-corrected chi connectivity index (χ0v) is 26.2. The van der Waals surface area contributed by atoms with Gasteiger partial charge in [0, 0.05) is 0 Å². The van der Waals surface area contributed by atoms with Crippen LogP contribution in [-0.4, -0.2) is 8.07 Å². The maximum Gasteiger partial charge on any atom is -1.00 e. The number of hydrogen-bond acceptors (Lipinski definition) is 0. The number of benzene rings is 4. The van der Waals surface area contributed by atoms with E-state index in [0.29, 0.717) is 8.45 Å². The van der Waals surface area contributed by atoms with Gasteiger partial charge in [0.15, 0.2) is 0 Å². The number of halogens is 2. The molecule has 1 heterocycles. The molecule has 2 unspecified atom stereocenters. The minimum absolute atomic E-state index is 0. The van der Waals surface area contributed by atoms with Crippen molar-refractivity contribution in [3.05, 3.63) is 142 Å². The van der Waals surface area contributed by atoms with Crippen LogP contribution in [0.5, 0.6) is 0 Å². The first-order valence-corrected chi connectivity index (χ1v) is 16.8. The normalized spacial score (nSPS) is 19.7. The second-order valence-electron chi connectivity index (χ2n) is 10.7. The Morgan fingerprint density at radius 1 is 0.500 bits per heavy atom. The van der Waals surface area contributed by atoms with Crippen LogP contribution in [-0.2, 0) is 19.2 Å². The van der Waals surface area contributed by atoms with E-state index in [1.165, 1.54) is 21.5 Å². The van der Waals surface area contributed by atoms with E-state index in [1.807, 2.05) is 0 Å². The number of hydrogen-bond donors (Lipinski definition) is 0. The zero-order chi connectivity index (χ0) is 24.6. The maximum atomic E-state index is 2.49.